The molecule has 0 atom stereocenters. The molecule has 1 aromatic heterocycles. The van der Waals surface area contributed by atoms with E-state index in [2.05, 4.69) is 14.9 Å². The van der Waals surface area contributed by atoms with Gasteiger partial charge in [0.1, 0.15) is 5.82 Å². The Morgan fingerprint density at radius 3 is 2.90 bits per heavy atom. The van der Waals surface area contributed by atoms with E-state index in [1.54, 1.807) is 12.3 Å². The fourth-order valence-corrected chi connectivity index (χ4v) is 2.28. The van der Waals surface area contributed by atoms with Crippen molar-refractivity contribution in [2.24, 2.45) is 5.11 Å². The number of aromatic nitrogens is 1. The number of carbonyl (C=O) groups excluding carboxylic acids is 1. The minimum atomic E-state index is -0.695. The Kier molecular flexibility index (Phi) is 4.57. The number of fused-ring (bicyclic) bond motifs is 1. The molecule has 0 aliphatic carbocycles. The van der Waals surface area contributed by atoms with Crippen molar-refractivity contribution < 1.29 is 9.18 Å². The average Bonchev–Trinajstić information content (AvgIpc) is 2.77. The van der Waals surface area contributed by atoms with Gasteiger partial charge >= 0.3 is 0 Å². The average molecular weight is 289 g/mol. The van der Waals surface area contributed by atoms with Gasteiger partial charge in [0, 0.05) is 28.6 Å². The van der Waals surface area contributed by atoms with E-state index in [0.29, 0.717) is 11.9 Å². The molecule has 110 valence electrons. The maximum atomic E-state index is 13.4. The first-order valence-corrected chi connectivity index (χ1v) is 6.55. The van der Waals surface area contributed by atoms with E-state index in [9.17, 15) is 9.18 Å². The van der Waals surface area contributed by atoms with Gasteiger partial charge in [0.25, 0.3) is 5.91 Å². The van der Waals surface area contributed by atoms with Crippen LogP contribution in [-0.2, 0) is 6.54 Å². The van der Waals surface area contributed by atoms with Gasteiger partial charge in [-0.1, -0.05) is 0 Å². The van der Waals surface area contributed by atoms with Crippen molar-refractivity contribution in [1.82, 2.24) is 9.47 Å². The number of amides is 1. The molecule has 1 aromatic carbocycles. The van der Waals surface area contributed by atoms with Crippen molar-refractivity contribution in [3.63, 3.8) is 0 Å². The number of rotatable bonds is 5. The number of nitrogens with zero attached hydrogens (tertiary/aromatic N) is 5. The lowest BCUT2D eigenvalue weighted by Gasteiger charge is -2.10. The van der Waals surface area contributed by atoms with Crippen molar-refractivity contribution >= 4 is 16.8 Å². The topological polar surface area (TPSA) is 74.0 Å². The van der Waals surface area contributed by atoms with Gasteiger partial charge in [-0.3, -0.25) is 4.79 Å². The summed E-state index contributed by atoms with van der Waals surface area (Å²) in [5.41, 5.74) is 9.37. The summed E-state index contributed by atoms with van der Waals surface area (Å²) in [6.45, 7) is 1.60. The van der Waals surface area contributed by atoms with E-state index in [0.717, 1.165) is 18.5 Å². The second-order valence-electron chi connectivity index (χ2n) is 5.05. The van der Waals surface area contributed by atoms with Crippen LogP contribution in [0.4, 0.5) is 4.39 Å². The van der Waals surface area contributed by atoms with Gasteiger partial charge in [-0.2, -0.15) is 0 Å². The summed E-state index contributed by atoms with van der Waals surface area (Å²) < 4.78 is 15.3. The third-order valence-corrected chi connectivity index (χ3v) is 3.21. The second-order valence-corrected chi connectivity index (χ2v) is 5.05. The molecule has 2 aromatic rings. The standard InChI is InChI=1S/C14H16FN5O/c1-19(2)6-3-7-20-9-12(14(21)17-18-16)11-8-10(15)4-5-13(11)20/h4-5,8-9H,3,6-7H2,1-2H3. The van der Waals surface area contributed by atoms with Crippen molar-refractivity contribution in [3.05, 3.63) is 46.2 Å². The van der Waals surface area contributed by atoms with Crippen LogP contribution < -0.4 is 0 Å². The van der Waals surface area contributed by atoms with Crippen LogP contribution >= 0.6 is 0 Å². The molecule has 0 radical (unpaired) electrons. The molecule has 0 aliphatic rings. The van der Waals surface area contributed by atoms with Crippen LogP contribution in [0.15, 0.2) is 29.5 Å². The molecule has 0 unspecified atom stereocenters. The molecule has 2 rings (SSSR count). The molecule has 0 saturated heterocycles. The van der Waals surface area contributed by atoms with Crippen molar-refractivity contribution in [2.75, 3.05) is 20.6 Å². The minimum absolute atomic E-state index is 0.229. The minimum Gasteiger partial charge on any atom is -0.347 e. The van der Waals surface area contributed by atoms with Crippen LogP contribution in [0.3, 0.4) is 0 Å². The molecule has 1 amide bonds. The highest BCUT2D eigenvalue weighted by atomic mass is 19.1. The third kappa shape index (κ3) is 3.39. The zero-order valence-corrected chi connectivity index (χ0v) is 12.0. The normalized spacial score (nSPS) is 10.9. The second kappa shape index (κ2) is 6.39. The number of azide groups is 1. The number of carbonyl (C=O) groups is 1. The number of hydrogen-bond acceptors (Lipinski definition) is 2. The van der Waals surface area contributed by atoms with Gasteiger partial charge < -0.3 is 9.47 Å². The number of hydrogen-bond donors (Lipinski definition) is 0. The molecular weight excluding hydrogens is 273 g/mol. The first-order valence-electron chi connectivity index (χ1n) is 6.55. The van der Waals surface area contributed by atoms with Crippen LogP contribution in [0.2, 0.25) is 0 Å². The van der Waals surface area contributed by atoms with E-state index in [1.807, 2.05) is 18.7 Å². The fraction of sp³-hybridized carbons (Fsp3) is 0.357. The van der Waals surface area contributed by atoms with Gasteiger partial charge in [-0.05, 0) is 55.9 Å². The predicted molar refractivity (Wildman–Crippen MR) is 78.5 cm³/mol. The predicted octanol–water partition coefficient (Wildman–Crippen LogP) is 3.18. The highest BCUT2D eigenvalue weighted by molar-refractivity contribution is 6.07. The Hall–Kier alpha value is -2.37. The summed E-state index contributed by atoms with van der Waals surface area (Å²) in [4.78, 5) is 16.4. The van der Waals surface area contributed by atoms with E-state index < -0.39 is 11.7 Å². The van der Waals surface area contributed by atoms with Gasteiger partial charge in [0.2, 0.25) is 0 Å². The summed E-state index contributed by atoms with van der Waals surface area (Å²) in [6.07, 6.45) is 2.51. The zero-order valence-electron chi connectivity index (χ0n) is 12.0. The van der Waals surface area contributed by atoms with Crippen LogP contribution in [0.25, 0.3) is 21.3 Å². The van der Waals surface area contributed by atoms with Gasteiger partial charge in [-0.15, -0.1) is 0 Å². The van der Waals surface area contributed by atoms with Gasteiger partial charge in [-0.25, -0.2) is 4.39 Å². The third-order valence-electron chi connectivity index (χ3n) is 3.21. The highest BCUT2D eigenvalue weighted by Crippen LogP contribution is 2.23. The Bertz CT molecular complexity index is 715. The summed E-state index contributed by atoms with van der Waals surface area (Å²) in [5.74, 6) is -1.12. The fourth-order valence-electron chi connectivity index (χ4n) is 2.28. The molecule has 0 fully saturated rings. The molecule has 0 N–H and O–H groups in total. The van der Waals surface area contributed by atoms with E-state index in [4.69, 9.17) is 5.53 Å². The van der Waals surface area contributed by atoms with E-state index in [1.165, 1.54) is 12.1 Å². The zero-order chi connectivity index (χ0) is 15.4. The number of aryl methyl sites for hydroxylation is 1. The maximum Gasteiger partial charge on any atom is 0.251 e. The molecule has 0 saturated carbocycles. The molecular formula is C14H16FN5O. The Labute approximate surface area is 121 Å². The smallest absolute Gasteiger partial charge is 0.251 e. The highest BCUT2D eigenvalue weighted by Gasteiger charge is 2.14. The van der Waals surface area contributed by atoms with Crippen molar-refractivity contribution in [3.8, 4) is 0 Å². The molecule has 7 heteroatoms. The molecule has 1 heterocycles. The van der Waals surface area contributed by atoms with Crippen LogP contribution in [-0.4, -0.2) is 36.0 Å². The monoisotopic (exact) mass is 289 g/mol. The summed E-state index contributed by atoms with van der Waals surface area (Å²) in [6, 6.07) is 4.28. The maximum absolute atomic E-state index is 13.4. The largest absolute Gasteiger partial charge is 0.347 e. The lowest BCUT2D eigenvalue weighted by molar-refractivity contribution is 0.100. The van der Waals surface area contributed by atoms with Crippen LogP contribution in [0.5, 0.6) is 0 Å². The Balaban J connectivity index is 2.42. The van der Waals surface area contributed by atoms with E-state index >= 15 is 0 Å². The van der Waals surface area contributed by atoms with E-state index in [-0.39, 0.29) is 5.56 Å². The SMILES string of the molecule is CN(C)CCCn1cc(C(=O)N=[N+]=[N-])c2cc(F)ccc21. The number of halogens is 1. The molecule has 0 aliphatic heterocycles. The van der Waals surface area contributed by atoms with Crippen LogP contribution in [0.1, 0.15) is 16.8 Å². The first-order chi connectivity index (χ1) is 10.0. The molecule has 0 spiro atoms. The molecule has 6 nitrogen and oxygen atoms in total. The summed E-state index contributed by atoms with van der Waals surface area (Å²) >= 11 is 0. The lowest BCUT2D eigenvalue weighted by atomic mass is 10.1. The number of benzene rings is 1. The Morgan fingerprint density at radius 1 is 1.48 bits per heavy atom. The van der Waals surface area contributed by atoms with Crippen LogP contribution in [0, 0.1) is 5.82 Å². The molecule has 0 bridgehead atoms. The summed E-state index contributed by atoms with van der Waals surface area (Å²) in [5, 5.41) is 3.56. The summed E-state index contributed by atoms with van der Waals surface area (Å²) in [7, 11) is 3.97. The molecule has 21 heavy (non-hydrogen) atoms. The van der Waals surface area contributed by atoms with Crippen molar-refractivity contribution in [2.45, 2.75) is 13.0 Å². The van der Waals surface area contributed by atoms with Gasteiger partial charge in [0.15, 0.2) is 0 Å². The quantitative estimate of drug-likeness (QED) is 0.481. The lowest BCUT2D eigenvalue weighted by Crippen LogP contribution is -2.14. The van der Waals surface area contributed by atoms with Crippen molar-refractivity contribution in [1.29, 1.82) is 0 Å². The first kappa shape index (κ1) is 15.0. The van der Waals surface area contributed by atoms with Gasteiger partial charge in [0.05, 0.1) is 5.56 Å². The Morgan fingerprint density at radius 2 is 2.24 bits per heavy atom.